The number of benzene rings is 2. The number of alkyl halides is 3. The van der Waals surface area contributed by atoms with Crippen molar-refractivity contribution < 1.29 is 26.4 Å². The number of nitrogens with one attached hydrogen (secondary N) is 2. The Bertz CT molecular complexity index is 1180. The van der Waals surface area contributed by atoms with Gasteiger partial charge < -0.3 is 5.32 Å². The van der Waals surface area contributed by atoms with Crippen LogP contribution in [0.4, 0.5) is 18.9 Å². The van der Waals surface area contributed by atoms with Gasteiger partial charge >= 0.3 is 6.30 Å². The van der Waals surface area contributed by atoms with Crippen LogP contribution < -0.4 is 10.0 Å². The van der Waals surface area contributed by atoms with Gasteiger partial charge in [0.15, 0.2) is 0 Å². The van der Waals surface area contributed by atoms with Gasteiger partial charge in [-0.1, -0.05) is 35.9 Å². The third-order valence-corrected chi connectivity index (χ3v) is 6.65. The predicted molar refractivity (Wildman–Crippen MR) is 114 cm³/mol. The van der Waals surface area contributed by atoms with Crippen molar-refractivity contribution in [3.05, 3.63) is 70.3 Å². The van der Waals surface area contributed by atoms with Gasteiger partial charge in [0.1, 0.15) is 0 Å². The summed E-state index contributed by atoms with van der Waals surface area (Å²) in [5, 5.41) is 3.36. The van der Waals surface area contributed by atoms with Crippen molar-refractivity contribution in [1.29, 1.82) is 0 Å². The maximum atomic E-state index is 12.3. The molecule has 0 aliphatic rings. The summed E-state index contributed by atoms with van der Waals surface area (Å²) in [6.07, 6.45) is -3.70. The molecule has 1 heterocycles. The number of aromatic nitrogens is 1. The monoisotopic (exact) mass is 489 g/mol. The molecule has 0 aliphatic carbocycles. The quantitative estimate of drug-likeness (QED) is 0.471. The number of rotatable bonds is 7. The first kappa shape index (κ1) is 23.2. The first-order valence-corrected chi connectivity index (χ1v) is 11.6. The van der Waals surface area contributed by atoms with Gasteiger partial charge in [0.05, 0.1) is 26.3 Å². The average molecular weight is 490 g/mol. The molecule has 3 aromatic rings. The van der Waals surface area contributed by atoms with E-state index in [1.165, 1.54) is 6.20 Å². The first-order chi connectivity index (χ1) is 14.5. The summed E-state index contributed by atoms with van der Waals surface area (Å²) in [5.41, 5.74) is 1.56. The number of thiazole rings is 1. The summed E-state index contributed by atoms with van der Waals surface area (Å²) < 4.78 is 60.2. The highest BCUT2D eigenvalue weighted by Gasteiger charge is 2.33. The molecule has 1 aromatic heterocycles. The number of carbonyl (C=O) groups excluding carboxylic acids is 1. The number of nitrogens with zero attached hydrogens (tertiary/aromatic N) is 1. The Hall–Kier alpha value is -2.47. The Morgan fingerprint density at radius 2 is 1.84 bits per heavy atom. The molecule has 2 aromatic carbocycles. The van der Waals surface area contributed by atoms with Crippen LogP contribution in [0, 0.1) is 0 Å². The minimum absolute atomic E-state index is 0.172. The molecular formula is C19H15ClF3N3O3S2. The second-order valence-corrected chi connectivity index (χ2v) is 9.67. The third kappa shape index (κ3) is 6.76. The van der Waals surface area contributed by atoms with Crippen molar-refractivity contribution in [2.75, 3.05) is 11.1 Å². The molecule has 2 N–H and O–H groups in total. The van der Waals surface area contributed by atoms with Crippen molar-refractivity contribution in [3.8, 4) is 10.4 Å². The highest BCUT2D eigenvalue weighted by molar-refractivity contribution is 7.89. The lowest BCUT2D eigenvalue weighted by Gasteiger charge is -2.09. The fraction of sp³-hybridized carbons (Fsp3) is 0.158. The Labute approximate surface area is 185 Å². The second-order valence-electron chi connectivity index (χ2n) is 6.30. The molecule has 0 saturated carbocycles. The lowest BCUT2D eigenvalue weighted by molar-refractivity contribution is -0.138. The number of anilines is 1. The van der Waals surface area contributed by atoms with Crippen LogP contribution >= 0.6 is 22.9 Å². The van der Waals surface area contributed by atoms with Crippen LogP contribution in [0.15, 0.2) is 54.7 Å². The molecule has 6 nitrogen and oxygen atoms in total. The van der Waals surface area contributed by atoms with E-state index in [0.29, 0.717) is 31.4 Å². The highest BCUT2D eigenvalue weighted by Crippen LogP contribution is 2.32. The Morgan fingerprint density at radius 3 is 2.48 bits per heavy atom. The van der Waals surface area contributed by atoms with Gasteiger partial charge in [-0.2, -0.15) is 13.2 Å². The van der Waals surface area contributed by atoms with Crippen LogP contribution in [-0.4, -0.2) is 31.4 Å². The molecule has 0 unspecified atom stereocenters. The number of sulfonamides is 1. The SMILES string of the molecule is O=C(Nc1ccc(-c2cnc(CCS(=O)(=O)NC(F)(F)F)s2)cc1Cl)c1ccccc1. The van der Waals surface area contributed by atoms with Crippen LogP contribution in [0.2, 0.25) is 5.02 Å². The number of carbonyl (C=O) groups is 1. The van der Waals surface area contributed by atoms with Crippen LogP contribution in [0.5, 0.6) is 0 Å². The summed E-state index contributed by atoms with van der Waals surface area (Å²) in [7, 11) is -4.51. The van der Waals surface area contributed by atoms with E-state index >= 15 is 0 Å². The van der Waals surface area contributed by atoms with Crippen molar-refractivity contribution in [2.24, 2.45) is 0 Å². The molecule has 0 bridgehead atoms. The van der Waals surface area contributed by atoms with E-state index in [1.807, 2.05) is 0 Å². The molecule has 0 spiro atoms. The molecule has 0 saturated heterocycles. The summed E-state index contributed by atoms with van der Waals surface area (Å²) in [4.78, 5) is 17.0. The maximum Gasteiger partial charge on any atom is 0.470 e. The summed E-state index contributed by atoms with van der Waals surface area (Å²) >= 11 is 7.41. The van der Waals surface area contributed by atoms with Gasteiger partial charge in [0.25, 0.3) is 5.91 Å². The number of aryl methyl sites for hydroxylation is 1. The molecule has 0 radical (unpaired) electrons. The third-order valence-electron chi connectivity index (χ3n) is 3.95. The van der Waals surface area contributed by atoms with Crippen molar-refractivity contribution in [1.82, 2.24) is 9.71 Å². The van der Waals surface area contributed by atoms with E-state index in [2.05, 4.69) is 10.3 Å². The molecule has 0 atom stereocenters. The normalized spacial score (nSPS) is 12.0. The van der Waals surface area contributed by atoms with Gasteiger partial charge in [0.2, 0.25) is 10.0 Å². The maximum absolute atomic E-state index is 12.3. The minimum atomic E-state index is -5.01. The smallest absolute Gasteiger partial charge is 0.321 e. The van der Waals surface area contributed by atoms with Gasteiger partial charge in [-0.25, -0.2) is 13.4 Å². The summed E-state index contributed by atoms with van der Waals surface area (Å²) in [5.74, 6) is -1.06. The fourth-order valence-corrected chi connectivity index (χ4v) is 4.75. The van der Waals surface area contributed by atoms with Gasteiger partial charge in [-0.3, -0.25) is 4.79 Å². The average Bonchev–Trinajstić information content (AvgIpc) is 3.16. The highest BCUT2D eigenvalue weighted by atomic mass is 35.5. The Kier molecular flexibility index (Phi) is 6.99. The predicted octanol–water partition coefficient (Wildman–Crippen LogP) is 4.70. The minimum Gasteiger partial charge on any atom is -0.321 e. The zero-order chi connectivity index (χ0) is 22.6. The van der Waals surface area contributed by atoms with E-state index < -0.39 is 22.1 Å². The zero-order valence-electron chi connectivity index (χ0n) is 15.6. The van der Waals surface area contributed by atoms with Crippen molar-refractivity contribution in [2.45, 2.75) is 12.7 Å². The van der Waals surface area contributed by atoms with E-state index in [4.69, 9.17) is 11.6 Å². The molecular weight excluding hydrogens is 475 g/mol. The Balaban J connectivity index is 1.67. The Morgan fingerprint density at radius 1 is 1.13 bits per heavy atom. The van der Waals surface area contributed by atoms with Gasteiger partial charge in [0, 0.05) is 18.2 Å². The number of hydrogen-bond donors (Lipinski definition) is 2. The zero-order valence-corrected chi connectivity index (χ0v) is 18.0. The van der Waals surface area contributed by atoms with Gasteiger partial charge in [-0.15, -0.1) is 16.1 Å². The summed E-state index contributed by atoms with van der Waals surface area (Å²) in [6.45, 7) is 0. The van der Waals surface area contributed by atoms with Crippen LogP contribution in [0.25, 0.3) is 10.4 Å². The lowest BCUT2D eigenvalue weighted by Crippen LogP contribution is -2.39. The van der Waals surface area contributed by atoms with E-state index in [-0.39, 0.29) is 17.4 Å². The van der Waals surface area contributed by atoms with Gasteiger partial charge in [-0.05, 0) is 29.8 Å². The molecule has 1 amide bonds. The fourth-order valence-electron chi connectivity index (χ4n) is 2.56. The number of hydrogen-bond acceptors (Lipinski definition) is 5. The molecule has 0 aliphatic heterocycles. The second kappa shape index (κ2) is 9.35. The van der Waals surface area contributed by atoms with Crippen molar-refractivity contribution >= 4 is 44.6 Å². The molecule has 3 rings (SSSR count). The van der Waals surface area contributed by atoms with E-state index in [0.717, 1.165) is 11.3 Å². The molecule has 12 heteroatoms. The van der Waals surface area contributed by atoms with E-state index in [9.17, 15) is 26.4 Å². The molecule has 31 heavy (non-hydrogen) atoms. The largest absolute Gasteiger partial charge is 0.470 e. The van der Waals surface area contributed by atoms with Crippen molar-refractivity contribution in [3.63, 3.8) is 0 Å². The summed E-state index contributed by atoms with van der Waals surface area (Å²) in [6, 6.07) is 13.5. The first-order valence-electron chi connectivity index (χ1n) is 8.72. The van der Waals surface area contributed by atoms with Crippen LogP contribution in [0.1, 0.15) is 15.4 Å². The standard InChI is InChI=1S/C19H15ClF3N3O3S2/c20-14-10-13(6-7-15(14)25-18(27)12-4-2-1-3-5-12)16-11-24-17(30-16)8-9-31(28,29)26-19(21,22)23/h1-7,10-11,26H,8-9H2,(H,25,27). The topological polar surface area (TPSA) is 88.2 Å². The number of amides is 1. The van der Waals surface area contributed by atoms with Crippen LogP contribution in [-0.2, 0) is 16.4 Å². The number of halogens is 4. The molecule has 0 fully saturated rings. The molecule has 164 valence electrons. The lowest BCUT2D eigenvalue weighted by atomic mass is 10.1. The van der Waals surface area contributed by atoms with E-state index in [1.54, 1.807) is 48.5 Å². The van der Waals surface area contributed by atoms with Crippen LogP contribution in [0.3, 0.4) is 0 Å².